The molecule has 0 aromatic carbocycles. The predicted octanol–water partition coefficient (Wildman–Crippen LogP) is 3.09. The molecule has 4 aliphatic rings. The van der Waals surface area contributed by atoms with E-state index in [0.29, 0.717) is 11.7 Å². The summed E-state index contributed by atoms with van der Waals surface area (Å²) in [6.45, 7) is 4.26. The minimum atomic E-state index is 0.389. The number of nitrogens with zero attached hydrogens (tertiary/aromatic N) is 4. The van der Waals surface area contributed by atoms with Crippen LogP contribution in [0.4, 0.5) is 0 Å². The largest absolute Gasteiger partial charge is 0.245 e. The van der Waals surface area contributed by atoms with E-state index < -0.39 is 0 Å². The van der Waals surface area contributed by atoms with Gasteiger partial charge in [0.25, 0.3) is 0 Å². The lowest BCUT2D eigenvalue weighted by molar-refractivity contribution is -0.0576. The van der Waals surface area contributed by atoms with Gasteiger partial charge in [-0.1, -0.05) is 5.21 Å². The molecule has 4 nitrogen and oxygen atoms in total. The zero-order chi connectivity index (χ0) is 13.9. The Hall–Kier alpha value is -1.37. The average Bonchev–Trinajstić information content (AvgIpc) is 2.78. The maximum Gasteiger partial charge on any atom is 0.185 e. The van der Waals surface area contributed by atoms with Crippen LogP contribution in [-0.4, -0.2) is 15.0 Å². The number of aromatic nitrogens is 3. The molecule has 4 bridgehead atoms. The van der Waals surface area contributed by atoms with Crippen molar-refractivity contribution in [2.24, 2.45) is 29.6 Å². The summed E-state index contributed by atoms with van der Waals surface area (Å²) in [5.74, 6) is 4.53. The summed E-state index contributed by atoms with van der Waals surface area (Å²) in [5.41, 5.74) is 1.43. The Kier molecular flexibility index (Phi) is 2.67. The number of hydrogen-bond donors (Lipinski definition) is 0. The normalized spacial score (nSPS) is 39.8. The summed E-state index contributed by atoms with van der Waals surface area (Å²) in [6, 6.07) is 2.53. The highest BCUT2D eigenvalue weighted by molar-refractivity contribution is 5.23. The molecule has 0 spiro atoms. The zero-order valence-corrected chi connectivity index (χ0v) is 12.3. The third kappa shape index (κ3) is 1.65. The van der Waals surface area contributed by atoms with Crippen LogP contribution in [-0.2, 0) is 0 Å². The Morgan fingerprint density at radius 1 is 1.15 bits per heavy atom. The highest BCUT2D eigenvalue weighted by Gasteiger charge is 2.50. The van der Waals surface area contributed by atoms with Gasteiger partial charge >= 0.3 is 0 Å². The van der Waals surface area contributed by atoms with Crippen molar-refractivity contribution in [2.45, 2.75) is 52.0 Å². The smallest absolute Gasteiger partial charge is 0.185 e. The van der Waals surface area contributed by atoms with Crippen molar-refractivity contribution in [3.8, 4) is 6.07 Å². The summed E-state index contributed by atoms with van der Waals surface area (Å²) in [5, 5.41) is 17.3. The molecule has 0 aliphatic heterocycles. The fraction of sp³-hybridized carbons (Fsp3) is 0.812. The van der Waals surface area contributed by atoms with Crippen LogP contribution >= 0.6 is 0 Å². The molecule has 4 fully saturated rings. The molecule has 4 heteroatoms. The Morgan fingerprint density at radius 2 is 1.75 bits per heavy atom. The first-order valence-electron chi connectivity index (χ1n) is 7.99. The average molecular weight is 270 g/mol. The monoisotopic (exact) mass is 270 g/mol. The van der Waals surface area contributed by atoms with Gasteiger partial charge in [0, 0.05) is 0 Å². The maximum absolute atomic E-state index is 9.06. The lowest BCUT2D eigenvalue weighted by Crippen LogP contribution is -2.47. The lowest BCUT2D eigenvalue weighted by atomic mass is 9.50. The summed E-state index contributed by atoms with van der Waals surface area (Å²) in [6.07, 6.45) is 7.22. The minimum Gasteiger partial charge on any atom is -0.245 e. The molecule has 4 aliphatic carbocycles. The van der Waals surface area contributed by atoms with Gasteiger partial charge < -0.3 is 0 Å². The number of hydrogen-bond acceptors (Lipinski definition) is 3. The maximum atomic E-state index is 9.06. The van der Waals surface area contributed by atoms with E-state index in [2.05, 4.69) is 23.3 Å². The van der Waals surface area contributed by atoms with Gasteiger partial charge in [-0.3, -0.25) is 0 Å². The van der Waals surface area contributed by atoms with Crippen LogP contribution in [0.5, 0.6) is 0 Å². The van der Waals surface area contributed by atoms with Crippen LogP contribution in [0.2, 0.25) is 0 Å². The summed E-state index contributed by atoms with van der Waals surface area (Å²) < 4.78 is 2.02. The predicted molar refractivity (Wildman–Crippen MR) is 74.7 cm³/mol. The van der Waals surface area contributed by atoms with E-state index in [9.17, 15) is 0 Å². The molecule has 4 saturated carbocycles. The van der Waals surface area contributed by atoms with E-state index in [0.717, 1.165) is 35.3 Å². The van der Waals surface area contributed by atoms with Gasteiger partial charge in [0.05, 0.1) is 11.7 Å². The summed E-state index contributed by atoms with van der Waals surface area (Å²) in [4.78, 5) is 0. The van der Waals surface area contributed by atoms with Gasteiger partial charge in [0.2, 0.25) is 0 Å². The van der Waals surface area contributed by atoms with Gasteiger partial charge in [-0.15, -0.1) is 5.10 Å². The van der Waals surface area contributed by atoms with Crippen molar-refractivity contribution in [3.05, 3.63) is 11.4 Å². The molecule has 20 heavy (non-hydrogen) atoms. The second kappa shape index (κ2) is 4.31. The molecule has 1 aromatic rings. The van der Waals surface area contributed by atoms with Crippen molar-refractivity contribution >= 4 is 0 Å². The van der Waals surface area contributed by atoms with Crippen molar-refractivity contribution in [3.63, 3.8) is 0 Å². The number of rotatable bonds is 2. The molecule has 0 saturated heterocycles. The third-order valence-corrected chi connectivity index (χ3v) is 6.28. The molecule has 1 aromatic heterocycles. The van der Waals surface area contributed by atoms with E-state index >= 15 is 0 Å². The molecule has 5 rings (SSSR count). The van der Waals surface area contributed by atoms with Crippen molar-refractivity contribution in [1.82, 2.24) is 15.0 Å². The van der Waals surface area contributed by atoms with Crippen LogP contribution < -0.4 is 0 Å². The first-order chi connectivity index (χ1) is 9.67. The first kappa shape index (κ1) is 12.4. The van der Waals surface area contributed by atoms with Crippen LogP contribution in [0.15, 0.2) is 0 Å². The lowest BCUT2D eigenvalue weighted by Gasteiger charge is -2.56. The molecular weight excluding hydrogens is 248 g/mol. The van der Waals surface area contributed by atoms with Gasteiger partial charge in [0.1, 0.15) is 6.07 Å². The standard InChI is InChI=1S/C16H22N4/c1-9-15(8-17)18-19-20(9)10(2)16-13-4-11-3-12(6-13)7-14(16)5-11/h10-14,16H,3-7H2,1-2H3. The van der Waals surface area contributed by atoms with Crippen molar-refractivity contribution in [1.29, 1.82) is 5.26 Å². The third-order valence-electron chi connectivity index (χ3n) is 6.28. The fourth-order valence-electron chi connectivity index (χ4n) is 5.75. The summed E-state index contributed by atoms with van der Waals surface area (Å²) in [7, 11) is 0. The van der Waals surface area contributed by atoms with Crippen molar-refractivity contribution < 1.29 is 0 Å². The van der Waals surface area contributed by atoms with E-state index in [-0.39, 0.29) is 0 Å². The quantitative estimate of drug-likeness (QED) is 0.829. The molecule has 1 unspecified atom stereocenters. The topological polar surface area (TPSA) is 54.5 Å². The van der Waals surface area contributed by atoms with Crippen LogP contribution in [0, 0.1) is 47.8 Å². The fourth-order valence-corrected chi connectivity index (χ4v) is 5.75. The van der Waals surface area contributed by atoms with Gasteiger partial charge in [-0.2, -0.15) is 5.26 Å². The molecule has 0 N–H and O–H groups in total. The highest BCUT2D eigenvalue weighted by Crippen LogP contribution is 2.59. The molecule has 1 heterocycles. The van der Waals surface area contributed by atoms with Crippen LogP contribution in [0.3, 0.4) is 0 Å². The first-order valence-corrected chi connectivity index (χ1v) is 7.99. The molecule has 0 amide bonds. The summed E-state index contributed by atoms with van der Waals surface area (Å²) >= 11 is 0. The SMILES string of the molecule is Cc1c(C#N)nnn1C(C)C1C2CC3CC(C2)CC1C3. The zero-order valence-electron chi connectivity index (χ0n) is 12.3. The Balaban J connectivity index is 1.64. The second-order valence-corrected chi connectivity index (χ2v) is 7.33. The Bertz CT molecular complexity index is 540. The highest BCUT2D eigenvalue weighted by atomic mass is 15.4. The molecule has 1 atom stereocenters. The molecular formula is C16H22N4. The second-order valence-electron chi connectivity index (χ2n) is 7.33. The number of nitriles is 1. The molecule has 0 radical (unpaired) electrons. The van der Waals surface area contributed by atoms with Gasteiger partial charge in [-0.05, 0) is 75.5 Å². The van der Waals surface area contributed by atoms with Gasteiger partial charge in [-0.25, -0.2) is 4.68 Å². The van der Waals surface area contributed by atoms with E-state index in [1.165, 1.54) is 32.1 Å². The van der Waals surface area contributed by atoms with E-state index in [1.54, 1.807) is 0 Å². The van der Waals surface area contributed by atoms with E-state index in [1.807, 2.05) is 11.6 Å². The molecule has 106 valence electrons. The van der Waals surface area contributed by atoms with Crippen LogP contribution in [0.25, 0.3) is 0 Å². The van der Waals surface area contributed by atoms with Gasteiger partial charge in [0.15, 0.2) is 5.69 Å². The Morgan fingerprint density at radius 3 is 2.25 bits per heavy atom. The van der Waals surface area contributed by atoms with E-state index in [4.69, 9.17) is 5.26 Å². The van der Waals surface area contributed by atoms with Crippen molar-refractivity contribution in [2.75, 3.05) is 0 Å². The van der Waals surface area contributed by atoms with Crippen LogP contribution in [0.1, 0.15) is 56.5 Å². The minimum absolute atomic E-state index is 0.389. The Labute approximate surface area is 120 Å².